The largest absolute Gasteiger partial charge is 0.432 e. The number of hydrogen-bond acceptors (Lipinski definition) is 8. The lowest BCUT2D eigenvalue weighted by Crippen LogP contribution is -2.22. The molecule has 0 saturated heterocycles. The van der Waals surface area contributed by atoms with Crippen molar-refractivity contribution < 1.29 is 14.4 Å². The van der Waals surface area contributed by atoms with E-state index < -0.39 is 4.92 Å². The van der Waals surface area contributed by atoms with Gasteiger partial charge in [0.2, 0.25) is 5.82 Å². The van der Waals surface area contributed by atoms with Crippen LogP contribution >= 0.6 is 0 Å². The molecule has 1 N–H and O–H groups in total. The molecule has 0 amide bonds. The summed E-state index contributed by atoms with van der Waals surface area (Å²) in [4.78, 5) is 22.4. The number of hydrogen-bond donors (Lipinski definition) is 1. The first-order chi connectivity index (χ1) is 10.6. The van der Waals surface area contributed by atoms with E-state index in [4.69, 9.17) is 9.47 Å². The first kappa shape index (κ1) is 15.6. The lowest BCUT2D eigenvalue weighted by Gasteiger charge is -2.14. The van der Waals surface area contributed by atoms with E-state index in [-0.39, 0.29) is 23.4 Å². The average Bonchev–Trinajstić information content (AvgIpc) is 2.48. The molecule has 1 atom stereocenters. The van der Waals surface area contributed by atoms with E-state index in [0.717, 1.165) is 0 Å². The van der Waals surface area contributed by atoms with Crippen LogP contribution in [0, 0.1) is 10.1 Å². The van der Waals surface area contributed by atoms with E-state index >= 15 is 0 Å². The SMILES string of the molecule is COCC(C)Nc1ncnc(Oc2cccnc2)c1[N+](=O)[O-]. The maximum Gasteiger partial charge on any atom is 0.373 e. The molecular formula is C13H15N5O4. The van der Waals surface area contributed by atoms with Crippen molar-refractivity contribution in [2.45, 2.75) is 13.0 Å². The van der Waals surface area contributed by atoms with Gasteiger partial charge in [0, 0.05) is 19.3 Å². The lowest BCUT2D eigenvalue weighted by molar-refractivity contribution is -0.385. The van der Waals surface area contributed by atoms with Gasteiger partial charge in [-0.25, -0.2) is 4.98 Å². The number of aromatic nitrogens is 3. The van der Waals surface area contributed by atoms with Gasteiger partial charge in [-0.1, -0.05) is 0 Å². The number of ether oxygens (including phenoxy) is 2. The minimum Gasteiger partial charge on any atom is -0.432 e. The maximum absolute atomic E-state index is 11.3. The molecule has 2 rings (SSSR count). The highest BCUT2D eigenvalue weighted by Gasteiger charge is 2.25. The summed E-state index contributed by atoms with van der Waals surface area (Å²) in [5.41, 5.74) is -0.339. The van der Waals surface area contributed by atoms with Crippen molar-refractivity contribution in [3.63, 3.8) is 0 Å². The molecule has 0 fully saturated rings. The van der Waals surface area contributed by atoms with Crippen molar-refractivity contribution in [3.8, 4) is 11.6 Å². The first-order valence-corrected chi connectivity index (χ1v) is 6.44. The van der Waals surface area contributed by atoms with Crippen LogP contribution in [0.5, 0.6) is 11.6 Å². The molecule has 0 aliphatic rings. The van der Waals surface area contributed by atoms with E-state index in [1.165, 1.54) is 12.5 Å². The first-order valence-electron chi connectivity index (χ1n) is 6.44. The second-order valence-corrected chi connectivity index (χ2v) is 4.42. The highest BCUT2D eigenvalue weighted by atomic mass is 16.6. The fraction of sp³-hybridized carbons (Fsp3) is 0.308. The molecule has 0 radical (unpaired) electrons. The molecule has 0 aliphatic carbocycles. The van der Waals surface area contributed by atoms with Gasteiger partial charge >= 0.3 is 11.6 Å². The van der Waals surface area contributed by atoms with Gasteiger partial charge in [0.25, 0.3) is 0 Å². The van der Waals surface area contributed by atoms with Gasteiger partial charge in [0.05, 0.1) is 17.7 Å². The van der Waals surface area contributed by atoms with Crippen LogP contribution in [0.1, 0.15) is 6.92 Å². The quantitative estimate of drug-likeness (QED) is 0.610. The smallest absolute Gasteiger partial charge is 0.373 e. The van der Waals surface area contributed by atoms with Crippen molar-refractivity contribution in [2.24, 2.45) is 0 Å². The van der Waals surface area contributed by atoms with Crippen molar-refractivity contribution in [1.82, 2.24) is 15.0 Å². The van der Waals surface area contributed by atoms with E-state index in [1.54, 1.807) is 25.4 Å². The van der Waals surface area contributed by atoms with Crippen molar-refractivity contribution >= 4 is 11.5 Å². The van der Waals surface area contributed by atoms with Gasteiger partial charge in [0.15, 0.2) is 0 Å². The minimum absolute atomic E-state index is 0.0726. The summed E-state index contributed by atoms with van der Waals surface area (Å²) in [5.74, 6) is 0.267. The Morgan fingerprint density at radius 2 is 2.27 bits per heavy atom. The maximum atomic E-state index is 11.3. The Morgan fingerprint density at radius 3 is 2.91 bits per heavy atom. The lowest BCUT2D eigenvalue weighted by atomic mass is 10.3. The van der Waals surface area contributed by atoms with Crippen LogP contribution in [0.3, 0.4) is 0 Å². The van der Waals surface area contributed by atoms with Crippen molar-refractivity contribution in [3.05, 3.63) is 41.0 Å². The zero-order valence-corrected chi connectivity index (χ0v) is 12.1. The fourth-order valence-corrected chi connectivity index (χ4v) is 1.75. The predicted molar refractivity (Wildman–Crippen MR) is 78.0 cm³/mol. The predicted octanol–water partition coefficient (Wildman–Crippen LogP) is 2.02. The Hall–Kier alpha value is -2.81. The second kappa shape index (κ2) is 7.27. The van der Waals surface area contributed by atoms with Gasteiger partial charge in [-0.15, -0.1) is 0 Å². The monoisotopic (exact) mass is 305 g/mol. The Labute approximate surface area is 126 Å². The van der Waals surface area contributed by atoms with Crippen LogP contribution in [0.2, 0.25) is 0 Å². The molecule has 2 aromatic heterocycles. The molecule has 2 aromatic rings. The Bertz CT molecular complexity index is 638. The van der Waals surface area contributed by atoms with Gasteiger partial charge in [0.1, 0.15) is 12.1 Å². The zero-order valence-electron chi connectivity index (χ0n) is 12.1. The van der Waals surface area contributed by atoms with Gasteiger partial charge < -0.3 is 14.8 Å². The summed E-state index contributed by atoms with van der Waals surface area (Å²) in [6.07, 6.45) is 4.20. The second-order valence-electron chi connectivity index (χ2n) is 4.42. The number of methoxy groups -OCH3 is 1. The molecule has 2 heterocycles. The number of anilines is 1. The third-order valence-electron chi connectivity index (χ3n) is 2.62. The summed E-state index contributed by atoms with van der Waals surface area (Å²) < 4.78 is 10.4. The molecule has 9 nitrogen and oxygen atoms in total. The Kier molecular flexibility index (Phi) is 5.15. The van der Waals surface area contributed by atoms with E-state index in [1.807, 2.05) is 6.92 Å². The molecule has 22 heavy (non-hydrogen) atoms. The van der Waals surface area contributed by atoms with Gasteiger partial charge in [-0.3, -0.25) is 15.1 Å². The molecule has 0 aliphatic heterocycles. The Balaban J connectivity index is 2.32. The van der Waals surface area contributed by atoms with Crippen LogP contribution in [-0.2, 0) is 4.74 Å². The summed E-state index contributed by atoms with van der Waals surface area (Å²) in [6.45, 7) is 2.19. The highest BCUT2D eigenvalue weighted by Crippen LogP contribution is 2.33. The standard InChI is InChI=1S/C13H15N5O4/c1-9(7-21-2)17-12-11(18(19)20)13(16-8-15-12)22-10-4-3-5-14-6-10/h3-6,8-9H,7H2,1-2H3,(H,15,16,17). The summed E-state index contributed by atoms with van der Waals surface area (Å²) in [5, 5.41) is 14.2. The normalized spacial score (nSPS) is 11.7. The number of nitrogens with zero attached hydrogens (tertiary/aromatic N) is 4. The molecule has 116 valence electrons. The van der Waals surface area contributed by atoms with Crippen LogP contribution in [0.4, 0.5) is 11.5 Å². The van der Waals surface area contributed by atoms with Gasteiger partial charge in [-0.05, 0) is 19.1 Å². The van der Waals surface area contributed by atoms with E-state index in [0.29, 0.717) is 12.4 Å². The third-order valence-corrected chi connectivity index (χ3v) is 2.62. The molecule has 0 spiro atoms. The molecule has 0 saturated carbocycles. The summed E-state index contributed by atoms with van der Waals surface area (Å²) >= 11 is 0. The number of rotatable bonds is 7. The third kappa shape index (κ3) is 3.85. The highest BCUT2D eigenvalue weighted by molar-refractivity contribution is 5.62. The fourth-order valence-electron chi connectivity index (χ4n) is 1.75. The summed E-state index contributed by atoms with van der Waals surface area (Å²) in [7, 11) is 1.55. The molecule has 0 aromatic carbocycles. The number of nitrogens with one attached hydrogen (secondary N) is 1. The van der Waals surface area contributed by atoms with E-state index in [2.05, 4.69) is 20.3 Å². The Morgan fingerprint density at radius 1 is 1.45 bits per heavy atom. The molecule has 9 heteroatoms. The van der Waals surface area contributed by atoms with Gasteiger partial charge in [-0.2, -0.15) is 4.98 Å². The van der Waals surface area contributed by atoms with Crippen LogP contribution in [0.25, 0.3) is 0 Å². The zero-order chi connectivity index (χ0) is 15.9. The van der Waals surface area contributed by atoms with Crippen molar-refractivity contribution in [2.75, 3.05) is 19.0 Å². The van der Waals surface area contributed by atoms with Crippen LogP contribution in [0.15, 0.2) is 30.9 Å². The van der Waals surface area contributed by atoms with Crippen LogP contribution in [-0.4, -0.2) is 39.6 Å². The number of nitro groups is 1. The number of pyridine rings is 1. The molecule has 0 bridgehead atoms. The molecule has 1 unspecified atom stereocenters. The summed E-state index contributed by atoms with van der Waals surface area (Å²) in [6, 6.07) is 3.12. The van der Waals surface area contributed by atoms with Crippen molar-refractivity contribution in [1.29, 1.82) is 0 Å². The average molecular weight is 305 g/mol. The van der Waals surface area contributed by atoms with E-state index in [9.17, 15) is 10.1 Å². The molecular weight excluding hydrogens is 290 g/mol. The minimum atomic E-state index is -0.590. The van der Waals surface area contributed by atoms with Crippen LogP contribution < -0.4 is 10.1 Å². The topological polar surface area (TPSA) is 112 Å².